The third-order valence-electron chi connectivity index (χ3n) is 4.52. The largest absolute Gasteiger partial charge is 0.381 e. The van der Waals surface area contributed by atoms with E-state index in [1.54, 1.807) is 0 Å². The van der Waals surface area contributed by atoms with Crippen molar-refractivity contribution in [3.8, 4) is 0 Å². The van der Waals surface area contributed by atoms with E-state index in [1.165, 1.54) is 36.8 Å². The minimum Gasteiger partial charge on any atom is -0.381 e. The molecule has 2 unspecified atom stereocenters. The first-order chi connectivity index (χ1) is 8.88. The topological polar surface area (TPSA) is 47.3 Å². The molecule has 1 saturated heterocycles. The molecule has 0 bridgehead atoms. The summed E-state index contributed by atoms with van der Waals surface area (Å²) in [6.07, 6.45) is 4.73. The monoisotopic (exact) mass is 246 g/mol. The number of ether oxygens (including phenoxy) is 1. The van der Waals surface area contributed by atoms with Gasteiger partial charge in [-0.1, -0.05) is 24.3 Å². The highest BCUT2D eigenvalue weighted by atomic mass is 16.5. The highest BCUT2D eigenvalue weighted by Gasteiger charge is 2.33. The molecule has 2 atom stereocenters. The van der Waals surface area contributed by atoms with Crippen molar-refractivity contribution in [3.05, 3.63) is 35.4 Å². The van der Waals surface area contributed by atoms with Crippen molar-refractivity contribution in [3.63, 3.8) is 0 Å². The van der Waals surface area contributed by atoms with Gasteiger partial charge in [-0.15, -0.1) is 0 Å². The number of nitrogens with one attached hydrogen (secondary N) is 1. The van der Waals surface area contributed by atoms with Gasteiger partial charge in [-0.05, 0) is 42.7 Å². The highest BCUT2D eigenvalue weighted by Crippen LogP contribution is 2.39. The normalized spacial score (nSPS) is 25.3. The summed E-state index contributed by atoms with van der Waals surface area (Å²) in [4.78, 5) is 0. The Kier molecular flexibility index (Phi) is 3.64. The molecule has 0 aromatic heterocycles. The van der Waals surface area contributed by atoms with Crippen molar-refractivity contribution >= 4 is 0 Å². The number of benzene rings is 1. The van der Waals surface area contributed by atoms with Gasteiger partial charge in [0.1, 0.15) is 0 Å². The first-order valence-electron chi connectivity index (χ1n) is 7.00. The second kappa shape index (κ2) is 5.39. The van der Waals surface area contributed by atoms with Gasteiger partial charge < -0.3 is 4.74 Å². The van der Waals surface area contributed by atoms with Crippen LogP contribution in [0.15, 0.2) is 24.3 Å². The Labute approximate surface area is 109 Å². The van der Waals surface area contributed by atoms with E-state index in [9.17, 15) is 0 Å². The lowest BCUT2D eigenvalue weighted by atomic mass is 9.71. The summed E-state index contributed by atoms with van der Waals surface area (Å²) >= 11 is 0. The van der Waals surface area contributed by atoms with Gasteiger partial charge in [-0.2, -0.15) is 0 Å². The van der Waals surface area contributed by atoms with Crippen LogP contribution in [0, 0.1) is 5.92 Å². The molecule has 3 heteroatoms. The predicted octanol–water partition coefficient (Wildman–Crippen LogP) is 1.97. The molecule has 3 nitrogen and oxygen atoms in total. The second-order valence-electron chi connectivity index (χ2n) is 5.57. The molecule has 1 heterocycles. The highest BCUT2D eigenvalue weighted by molar-refractivity contribution is 5.41. The van der Waals surface area contributed by atoms with Gasteiger partial charge in [0.05, 0.1) is 0 Å². The Morgan fingerprint density at radius 3 is 2.78 bits per heavy atom. The Bertz CT molecular complexity index is 401. The summed E-state index contributed by atoms with van der Waals surface area (Å²) in [5.74, 6) is 7.15. The summed E-state index contributed by atoms with van der Waals surface area (Å²) < 4.78 is 5.42. The third kappa shape index (κ3) is 2.30. The molecular weight excluding hydrogens is 224 g/mol. The summed E-state index contributed by atoms with van der Waals surface area (Å²) in [7, 11) is 0. The maximum absolute atomic E-state index is 5.78. The lowest BCUT2D eigenvalue weighted by Crippen LogP contribution is -2.45. The summed E-state index contributed by atoms with van der Waals surface area (Å²) in [6, 6.07) is 9.15. The van der Waals surface area contributed by atoms with E-state index in [4.69, 9.17) is 10.6 Å². The number of hydrogen-bond donors (Lipinski definition) is 2. The predicted molar refractivity (Wildman–Crippen MR) is 72.2 cm³/mol. The fraction of sp³-hybridized carbons (Fsp3) is 0.600. The van der Waals surface area contributed by atoms with Crippen molar-refractivity contribution in [2.45, 2.75) is 37.6 Å². The fourth-order valence-corrected chi connectivity index (χ4v) is 3.35. The zero-order valence-electron chi connectivity index (χ0n) is 10.8. The van der Waals surface area contributed by atoms with Gasteiger partial charge in [0.15, 0.2) is 0 Å². The van der Waals surface area contributed by atoms with E-state index in [0.717, 1.165) is 19.1 Å². The zero-order chi connectivity index (χ0) is 12.4. The summed E-state index contributed by atoms with van der Waals surface area (Å²) in [6.45, 7) is 1.84. The molecular formula is C15H22N2O. The van der Waals surface area contributed by atoms with Crippen LogP contribution in [-0.4, -0.2) is 19.3 Å². The minimum absolute atomic E-state index is 0.419. The molecule has 1 aliphatic heterocycles. The molecule has 1 aliphatic carbocycles. The Morgan fingerprint density at radius 2 is 2.06 bits per heavy atom. The molecule has 1 fully saturated rings. The third-order valence-corrected chi connectivity index (χ3v) is 4.52. The van der Waals surface area contributed by atoms with Gasteiger partial charge in [0, 0.05) is 25.2 Å². The Balaban J connectivity index is 1.63. The molecule has 0 spiro atoms. The average molecular weight is 246 g/mol. The molecule has 2 aliphatic rings. The van der Waals surface area contributed by atoms with Crippen LogP contribution in [0.4, 0.5) is 0 Å². The van der Waals surface area contributed by atoms with Crippen molar-refractivity contribution in [2.75, 3.05) is 13.2 Å². The first kappa shape index (κ1) is 12.2. The fourth-order valence-electron chi connectivity index (χ4n) is 3.35. The van der Waals surface area contributed by atoms with Gasteiger partial charge in [0.2, 0.25) is 0 Å². The molecule has 98 valence electrons. The number of hydrazine groups is 1. The number of rotatable bonds is 4. The minimum atomic E-state index is 0.419. The molecule has 0 saturated carbocycles. The zero-order valence-corrected chi connectivity index (χ0v) is 10.8. The van der Waals surface area contributed by atoms with Crippen molar-refractivity contribution in [2.24, 2.45) is 11.8 Å². The van der Waals surface area contributed by atoms with E-state index in [2.05, 4.69) is 29.7 Å². The molecule has 3 rings (SSSR count). The Morgan fingerprint density at radius 1 is 1.28 bits per heavy atom. The number of fused-ring (bicyclic) bond motifs is 1. The molecule has 1 aromatic carbocycles. The quantitative estimate of drug-likeness (QED) is 0.631. The van der Waals surface area contributed by atoms with Crippen LogP contribution < -0.4 is 11.3 Å². The van der Waals surface area contributed by atoms with E-state index in [1.807, 2.05) is 0 Å². The van der Waals surface area contributed by atoms with Crippen LogP contribution >= 0.6 is 0 Å². The van der Waals surface area contributed by atoms with Gasteiger partial charge in [-0.3, -0.25) is 11.3 Å². The van der Waals surface area contributed by atoms with E-state index >= 15 is 0 Å². The van der Waals surface area contributed by atoms with E-state index in [-0.39, 0.29) is 0 Å². The van der Waals surface area contributed by atoms with Crippen LogP contribution in [-0.2, 0) is 11.2 Å². The maximum Gasteiger partial charge on any atom is 0.0468 e. The molecule has 0 radical (unpaired) electrons. The lowest BCUT2D eigenvalue weighted by Gasteiger charge is -2.38. The number of nitrogens with two attached hydrogens (primary N) is 1. The number of hydrogen-bond acceptors (Lipinski definition) is 3. The van der Waals surface area contributed by atoms with Gasteiger partial charge >= 0.3 is 0 Å². The lowest BCUT2D eigenvalue weighted by molar-refractivity contribution is 0.0590. The molecule has 0 amide bonds. The van der Waals surface area contributed by atoms with E-state index < -0.39 is 0 Å². The summed E-state index contributed by atoms with van der Waals surface area (Å²) in [5, 5.41) is 0. The first-order valence-corrected chi connectivity index (χ1v) is 7.00. The van der Waals surface area contributed by atoms with Crippen molar-refractivity contribution in [1.29, 1.82) is 0 Å². The molecule has 3 N–H and O–H groups in total. The average Bonchev–Trinajstić information content (AvgIpc) is 2.40. The standard InChI is InChI=1S/C15H22N2O/c16-17-15(9-11-5-7-18-8-6-11)14-10-12-3-1-2-4-13(12)14/h1-4,11,14-15,17H,5-10,16H2. The van der Waals surface area contributed by atoms with Crippen LogP contribution in [0.1, 0.15) is 36.3 Å². The van der Waals surface area contributed by atoms with Crippen molar-refractivity contribution in [1.82, 2.24) is 5.43 Å². The SMILES string of the molecule is NNC(CC1CCOCC1)C1Cc2ccccc21. The van der Waals surface area contributed by atoms with Crippen LogP contribution in [0.2, 0.25) is 0 Å². The second-order valence-corrected chi connectivity index (χ2v) is 5.57. The van der Waals surface area contributed by atoms with Gasteiger partial charge in [0.25, 0.3) is 0 Å². The smallest absolute Gasteiger partial charge is 0.0468 e. The van der Waals surface area contributed by atoms with Gasteiger partial charge in [-0.25, -0.2) is 0 Å². The van der Waals surface area contributed by atoms with Crippen molar-refractivity contribution < 1.29 is 4.74 Å². The maximum atomic E-state index is 5.78. The van der Waals surface area contributed by atoms with Crippen LogP contribution in [0.5, 0.6) is 0 Å². The van der Waals surface area contributed by atoms with Crippen LogP contribution in [0.25, 0.3) is 0 Å². The Hall–Kier alpha value is -0.900. The molecule has 1 aromatic rings. The van der Waals surface area contributed by atoms with Crippen LogP contribution in [0.3, 0.4) is 0 Å². The summed E-state index contributed by atoms with van der Waals surface area (Å²) in [5.41, 5.74) is 6.04. The van der Waals surface area contributed by atoms with E-state index in [0.29, 0.717) is 12.0 Å². The molecule has 18 heavy (non-hydrogen) atoms.